The fraction of sp³-hybridized carbons (Fsp3) is 0. The molecule has 5 aromatic carbocycles. The highest BCUT2D eigenvalue weighted by Gasteiger charge is 2.13. The molecule has 0 aliphatic carbocycles. The topological polar surface area (TPSA) is 190 Å². The molecule has 0 spiro atoms. The van der Waals surface area contributed by atoms with E-state index >= 15 is 0 Å². The normalized spacial score (nSPS) is 11.3. The Bertz CT molecular complexity index is 1650. The second-order valence-corrected chi connectivity index (χ2v) is 8.48. The van der Waals surface area contributed by atoms with E-state index in [1.54, 1.807) is 60.7 Å². The van der Waals surface area contributed by atoms with Gasteiger partial charge >= 0.3 is 0 Å². The van der Waals surface area contributed by atoms with Crippen molar-refractivity contribution in [1.82, 2.24) is 0 Å². The number of nitrogens with two attached hydrogens (primary N) is 2. The number of azo groups is 2. The Balaban J connectivity index is 0.00000353. The number of phenols is 2. The highest BCUT2D eigenvalue weighted by atomic mass is 35.5. The van der Waals surface area contributed by atoms with E-state index in [1.807, 2.05) is 12.1 Å². The largest absolute Gasteiger partial charge is 0.506 e. The SMILES string of the molecule is Cl.N=C(N)c1ccc(N=Nc2c(O)ccc3cc4c(N=Nc5ccc(C(=N)N)cc5)c(O)ccc4cc23)cc1. The number of hydrogen-bond acceptors (Lipinski definition) is 8. The van der Waals surface area contributed by atoms with Gasteiger partial charge in [0, 0.05) is 21.9 Å². The standard InChI is InChI=1S/C28H22N8O2.ClH/c29-27(30)15-1-7-19(8-2-15)33-35-25-21-13-18-6-12-24(38)26(22(18)14-17(21)5-11-23(25)37)36-34-20-9-3-16(4-10-20)28(31)32;/h1-14,37-38H,(H3,29,30)(H3,31,32);1H. The van der Waals surface area contributed by atoms with Gasteiger partial charge in [-0.05, 0) is 83.6 Å². The maximum atomic E-state index is 10.5. The van der Waals surface area contributed by atoms with E-state index < -0.39 is 0 Å². The monoisotopic (exact) mass is 538 g/mol. The molecule has 10 nitrogen and oxygen atoms in total. The van der Waals surface area contributed by atoms with Gasteiger partial charge in [-0.25, -0.2) is 0 Å². The predicted octanol–water partition coefficient (Wildman–Crippen LogP) is 7.22. The number of benzene rings is 5. The lowest BCUT2D eigenvalue weighted by molar-refractivity contribution is 0.476. The van der Waals surface area contributed by atoms with E-state index in [0.29, 0.717) is 44.6 Å². The van der Waals surface area contributed by atoms with Crippen molar-refractivity contribution in [2.24, 2.45) is 31.9 Å². The molecule has 5 aromatic rings. The maximum absolute atomic E-state index is 10.5. The lowest BCUT2D eigenvalue weighted by Gasteiger charge is -2.09. The zero-order valence-corrected chi connectivity index (χ0v) is 21.1. The molecule has 8 N–H and O–H groups in total. The number of aromatic hydroxyl groups is 2. The fourth-order valence-corrected chi connectivity index (χ4v) is 3.93. The third kappa shape index (κ3) is 5.50. The first-order valence-corrected chi connectivity index (χ1v) is 11.4. The van der Waals surface area contributed by atoms with Gasteiger partial charge in [-0.15, -0.1) is 22.6 Å². The first-order valence-electron chi connectivity index (χ1n) is 11.4. The minimum Gasteiger partial charge on any atom is -0.506 e. The molecule has 0 radical (unpaired) electrons. The number of phenolic OH excluding ortho intramolecular Hbond substituents is 2. The van der Waals surface area contributed by atoms with E-state index in [-0.39, 0.29) is 35.6 Å². The summed E-state index contributed by atoms with van der Waals surface area (Å²) in [7, 11) is 0. The van der Waals surface area contributed by atoms with Crippen molar-refractivity contribution in [3.05, 3.63) is 96.1 Å². The second-order valence-electron chi connectivity index (χ2n) is 8.48. The van der Waals surface area contributed by atoms with Crippen LogP contribution in [-0.2, 0) is 0 Å². The Morgan fingerprint density at radius 3 is 1.23 bits per heavy atom. The van der Waals surface area contributed by atoms with Crippen LogP contribution in [0, 0.1) is 10.8 Å². The van der Waals surface area contributed by atoms with Crippen molar-refractivity contribution >= 4 is 68.4 Å². The molecular formula is C28H23ClN8O2. The van der Waals surface area contributed by atoms with E-state index in [2.05, 4.69) is 20.5 Å². The Hall–Kier alpha value is -5.35. The lowest BCUT2D eigenvalue weighted by atomic mass is 10.0. The number of nitrogens with one attached hydrogen (secondary N) is 2. The van der Waals surface area contributed by atoms with E-state index in [1.165, 1.54) is 12.1 Å². The summed E-state index contributed by atoms with van der Waals surface area (Å²) in [6.07, 6.45) is 0. The average molecular weight is 539 g/mol. The molecule has 0 saturated carbocycles. The van der Waals surface area contributed by atoms with Crippen LogP contribution < -0.4 is 11.5 Å². The summed E-state index contributed by atoms with van der Waals surface area (Å²) in [5, 5.41) is 56.0. The minimum absolute atomic E-state index is 0. The first-order chi connectivity index (χ1) is 18.3. The van der Waals surface area contributed by atoms with Crippen molar-refractivity contribution in [2.75, 3.05) is 0 Å². The van der Waals surface area contributed by atoms with Crippen LogP contribution in [-0.4, -0.2) is 21.9 Å². The van der Waals surface area contributed by atoms with Gasteiger partial charge in [0.2, 0.25) is 0 Å². The summed E-state index contributed by atoms with van der Waals surface area (Å²) in [5.41, 5.74) is 13.8. The Morgan fingerprint density at radius 2 is 0.897 bits per heavy atom. The summed E-state index contributed by atoms with van der Waals surface area (Å²) >= 11 is 0. The van der Waals surface area contributed by atoms with Crippen molar-refractivity contribution < 1.29 is 10.2 Å². The fourth-order valence-electron chi connectivity index (χ4n) is 3.93. The van der Waals surface area contributed by atoms with Crippen LogP contribution in [0.4, 0.5) is 22.7 Å². The molecule has 0 aliphatic rings. The molecule has 0 unspecified atom stereocenters. The van der Waals surface area contributed by atoms with E-state index in [0.717, 1.165) is 10.8 Å². The highest BCUT2D eigenvalue weighted by Crippen LogP contribution is 2.42. The van der Waals surface area contributed by atoms with E-state index in [4.69, 9.17) is 22.3 Å². The zero-order valence-electron chi connectivity index (χ0n) is 20.3. The van der Waals surface area contributed by atoms with Crippen molar-refractivity contribution in [1.29, 1.82) is 10.8 Å². The maximum Gasteiger partial charge on any atom is 0.143 e. The quantitative estimate of drug-likeness (QED) is 0.0575. The van der Waals surface area contributed by atoms with Crippen molar-refractivity contribution in [3.63, 3.8) is 0 Å². The summed E-state index contributed by atoms with van der Waals surface area (Å²) in [4.78, 5) is 0. The van der Waals surface area contributed by atoms with Gasteiger partial charge in [-0.1, -0.05) is 12.1 Å². The molecular weight excluding hydrogens is 516 g/mol. The minimum atomic E-state index is -0.0390. The van der Waals surface area contributed by atoms with Crippen LogP contribution in [0.3, 0.4) is 0 Å². The summed E-state index contributed by atoms with van der Waals surface area (Å²) in [6, 6.07) is 23.7. The lowest BCUT2D eigenvalue weighted by Crippen LogP contribution is -2.10. The Kier molecular flexibility index (Phi) is 7.50. The molecule has 0 fully saturated rings. The number of rotatable bonds is 6. The molecule has 0 heterocycles. The third-order valence-corrected chi connectivity index (χ3v) is 5.95. The molecule has 0 aliphatic heterocycles. The average Bonchev–Trinajstić information content (AvgIpc) is 2.91. The number of hydrogen-bond donors (Lipinski definition) is 6. The van der Waals surface area contributed by atoms with Crippen LogP contribution in [0.2, 0.25) is 0 Å². The summed E-state index contributed by atoms with van der Waals surface area (Å²) in [6.45, 7) is 0. The smallest absolute Gasteiger partial charge is 0.143 e. The highest BCUT2D eigenvalue weighted by molar-refractivity contribution is 6.08. The summed E-state index contributed by atoms with van der Waals surface area (Å²) < 4.78 is 0. The Morgan fingerprint density at radius 1 is 0.538 bits per heavy atom. The number of nitrogen functional groups attached to an aromatic ring is 2. The number of amidine groups is 2. The second kappa shape index (κ2) is 11.0. The van der Waals surface area contributed by atoms with Crippen LogP contribution in [0.25, 0.3) is 21.5 Å². The van der Waals surface area contributed by atoms with Gasteiger partial charge in [0.15, 0.2) is 0 Å². The molecule has 39 heavy (non-hydrogen) atoms. The summed E-state index contributed by atoms with van der Waals surface area (Å²) in [5.74, 6) is -0.145. The first kappa shape index (κ1) is 26.7. The molecule has 11 heteroatoms. The zero-order chi connectivity index (χ0) is 26.8. The number of nitrogens with zero attached hydrogens (tertiary/aromatic N) is 4. The van der Waals surface area contributed by atoms with Gasteiger partial charge in [0.25, 0.3) is 0 Å². The molecule has 0 amide bonds. The number of halogens is 1. The molecule has 0 atom stereocenters. The van der Waals surface area contributed by atoms with Crippen LogP contribution >= 0.6 is 12.4 Å². The number of fused-ring (bicyclic) bond motifs is 2. The van der Waals surface area contributed by atoms with Crippen molar-refractivity contribution in [3.8, 4) is 11.5 Å². The van der Waals surface area contributed by atoms with Crippen molar-refractivity contribution in [2.45, 2.75) is 0 Å². The predicted molar refractivity (Wildman–Crippen MR) is 155 cm³/mol. The molecule has 0 bridgehead atoms. The van der Waals surface area contributed by atoms with Gasteiger partial charge in [-0.2, -0.15) is 10.2 Å². The van der Waals surface area contributed by atoms with Gasteiger partial charge in [0.1, 0.15) is 34.5 Å². The molecule has 0 saturated heterocycles. The molecule has 0 aromatic heterocycles. The van der Waals surface area contributed by atoms with Crippen LogP contribution in [0.5, 0.6) is 11.5 Å². The van der Waals surface area contributed by atoms with Gasteiger partial charge in [0.05, 0.1) is 11.4 Å². The third-order valence-electron chi connectivity index (χ3n) is 5.95. The molecule has 5 rings (SSSR count). The van der Waals surface area contributed by atoms with Gasteiger partial charge in [-0.3, -0.25) is 10.8 Å². The molecule has 194 valence electrons. The van der Waals surface area contributed by atoms with Gasteiger partial charge < -0.3 is 21.7 Å². The Labute approximate surface area is 228 Å². The van der Waals surface area contributed by atoms with Crippen LogP contribution in [0.15, 0.2) is 105 Å². The van der Waals surface area contributed by atoms with E-state index in [9.17, 15) is 10.2 Å². The van der Waals surface area contributed by atoms with Crippen LogP contribution in [0.1, 0.15) is 11.1 Å².